The van der Waals surface area contributed by atoms with E-state index in [-0.39, 0.29) is 31.4 Å². The Balaban J connectivity index is 1.20. The average molecular weight is 498 g/mol. The number of H-pyrrole nitrogens is 1. The summed E-state index contributed by atoms with van der Waals surface area (Å²) in [5, 5.41) is 17.3. The fraction of sp³-hybridized carbons (Fsp3) is 0.400. The van der Waals surface area contributed by atoms with Gasteiger partial charge in [-0.2, -0.15) is 0 Å². The van der Waals surface area contributed by atoms with Crippen molar-refractivity contribution in [3.8, 4) is 0 Å². The van der Waals surface area contributed by atoms with Crippen LogP contribution in [0.15, 0.2) is 30.5 Å². The molecule has 0 bridgehead atoms. The summed E-state index contributed by atoms with van der Waals surface area (Å²) < 4.78 is 11.6. The number of nitrogens with one attached hydrogen (secondary N) is 3. The Bertz CT molecular complexity index is 1260. The zero-order valence-electron chi connectivity index (χ0n) is 19.1. The lowest BCUT2D eigenvalue weighted by molar-refractivity contribution is -0.137. The summed E-state index contributed by atoms with van der Waals surface area (Å²) in [5.74, 6) is -2.21. The topological polar surface area (TPSA) is 130 Å². The number of rotatable bonds is 8. The number of benzene rings is 1. The van der Waals surface area contributed by atoms with Crippen molar-refractivity contribution in [2.45, 2.75) is 51.0 Å². The van der Waals surface area contributed by atoms with Crippen molar-refractivity contribution in [1.29, 1.82) is 0 Å². The summed E-state index contributed by atoms with van der Waals surface area (Å²) >= 11 is 1.38. The molecule has 35 heavy (non-hydrogen) atoms. The number of carbonyl (C=O) groups excluding carboxylic acids is 2. The van der Waals surface area contributed by atoms with E-state index in [4.69, 9.17) is 9.47 Å². The Labute approximate surface area is 205 Å². The van der Waals surface area contributed by atoms with E-state index >= 15 is 0 Å². The molecule has 10 heteroatoms. The quantitative estimate of drug-likeness (QED) is 0.352. The number of hydrogen-bond acceptors (Lipinski definition) is 7. The molecule has 5 rings (SSSR count). The first-order valence-corrected chi connectivity index (χ1v) is 12.5. The summed E-state index contributed by atoms with van der Waals surface area (Å²) in [6, 6.07) is 7.61. The van der Waals surface area contributed by atoms with Crippen LogP contribution in [-0.2, 0) is 38.5 Å². The summed E-state index contributed by atoms with van der Waals surface area (Å²) in [7, 11) is 0. The number of anilines is 1. The van der Waals surface area contributed by atoms with E-state index in [9.17, 15) is 19.5 Å². The van der Waals surface area contributed by atoms with Gasteiger partial charge in [0.2, 0.25) is 5.78 Å². The fourth-order valence-corrected chi connectivity index (χ4v) is 5.81. The molecule has 1 fully saturated rings. The molecule has 4 N–H and O–H groups in total. The van der Waals surface area contributed by atoms with Crippen molar-refractivity contribution < 1.29 is 29.0 Å². The molecule has 2 aromatic heterocycles. The summed E-state index contributed by atoms with van der Waals surface area (Å²) in [6.45, 7) is 1.05. The van der Waals surface area contributed by atoms with Crippen molar-refractivity contribution in [3.63, 3.8) is 0 Å². The highest BCUT2D eigenvalue weighted by Gasteiger charge is 2.31. The number of fused-ring (bicyclic) bond motifs is 2. The van der Waals surface area contributed by atoms with Crippen LogP contribution in [0.4, 0.5) is 5.00 Å². The molecule has 2 unspecified atom stereocenters. The van der Waals surface area contributed by atoms with Gasteiger partial charge in [-0.25, -0.2) is 4.79 Å². The number of aromatic nitrogens is 1. The first kappa shape index (κ1) is 23.5. The number of ketones is 1. The molecule has 0 saturated carbocycles. The SMILES string of the molecule is O=C(Cc1c[nH]c2ccccc12)C(=O)NCC1Cc2c(sc(NC3CCCCO3)c2C(=O)O)CO1. The molecule has 2 atom stereocenters. The minimum Gasteiger partial charge on any atom is -0.478 e. The maximum atomic E-state index is 12.5. The number of thiophene rings is 1. The molecular weight excluding hydrogens is 470 g/mol. The summed E-state index contributed by atoms with van der Waals surface area (Å²) in [5.41, 5.74) is 2.65. The molecule has 1 saturated heterocycles. The number of carbonyl (C=O) groups is 3. The zero-order chi connectivity index (χ0) is 24.4. The number of Topliss-reactive ketones (excluding diaryl/α,β-unsaturated/α-hetero) is 1. The predicted octanol–water partition coefficient (Wildman–Crippen LogP) is 3.24. The van der Waals surface area contributed by atoms with Gasteiger partial charge in [-0.15, -0.1) is 11.3 Å². The molecule has 9 nitrogen and oxygen atoms in total. The van der Waals surface area contributed by atoms with Gasteiger partial charge in [0.05, 0.1) is 18.3 Å². The molecule has 2 aliphatic heterocycles. The van der Waals surface area contributed by atoms with Gasteiger partial charge in [-0.3, -0.25) is 9.59 Å². The van der Waals surface area contributed by atoms with Crippen LogP contribution >= 0.6 is 11.3 Å². The Kier molecular flexibility index (Phi) is 6.85. The Morgan fingerprint density at radius 1 is 1.17 bits per heavy atom. The van der Waals surface area contributed by atoms with Gasteiger partial charge in [0.15, 0.2) is 0 Å². The number of para-hydroxylation sites is 1. The summed E-state index contributed by atoms with van der Waals surface area (Å²) in [6.07, 6.45) is 4.36. The van der Waals surface area contributed by atoms with Crippen LogP contribution in [0.5, 0.6) is 0 Å². The van der Waals surface area contributed by atoms with Crippen LogP contribution in [0.1, 0.15) is 45.6 Å². The first-order valence-electron chi connectivity index (χ1n) is 11.7. The van der Waals surface area contributed by atoms with Crippen LogP contribution in [0.2, 0.25) is 0 Å². The second-order valence-corrected chi connectivity index (χ2v) is 9.92. The van der Waals surface area contributed by atoms with Crippen molar-refractivity contribution in [1.82, 2.24) is 10.3 Å². The Morgan fingerprint density at radius 2 is 2.03 bits per heavy atom. The number of ether oxygens (including phenoxy) is 2. The van der Waals surface area contributed by atoms with E-state index in [1.54, 1.807) is 6.20 Å². The second kappa shape index (κ2) is 10.2. The lowest BCUT2D eigenvalue weighted by atomic mass is 10.0. The molecule has 184 valence electrons. The van der Waals surface area contributed by atoms with E-state index < -0.39 is 23.8 Å². The van der Waals surface area contributed by atoms with Crippen LogP contribution in [0.3, 0.4) is 0 Å². The molecule has 0 aliphatic carbocycles. The lowest BCUT2D eigenvalue weighted by Gasteiger charge is -2.24. The predicted molar refractivity (Wildman–Crippen MR) is 131 cm³/mol. The van der Waals surface area contributed by atoms with E-state index in [0.717, 1.165) is 46.2 Å². The van der Waals surface area contributed by atoms with Gasteiger partial charge in [0, 0.05) is 48.0 Å². The normalized spacial score (nSPS) is 19.8. The van der Waals surface area contributed by atoms with E-state index in [1.165, 1.54) is 11.3 Å². The third kappa shape index (κ3) is 5.09. The molecule has 4 heterocycles. The zero-order valence-corrected chi connectivity index (χ0v) is 19.9. The van der Waals surface area contributed by atoms with Gasteiger partial charge in [-0.1, -0.05) is 18.2 Å². The average Bonchev–Trinajstić information content (AvgIpc) is 3.43. The Hall–Kier alpha value is -3.21. The van der Waals surface area contributed by atoms with Gasteiger partial charge >= 0.3 is 5.97 Å². The van der Waals surface area contributed by atoms with Gasteiger partial charge in [-0.05, 0) is 36.5 Å². The molecule has 3 aromatic rings. The molecule has 0 radical (unpaired) electrons. The van der Waals surface area contributed by atoms with E-state index in [1.807, 2.05) is 24.3 Å². The second-order valence-electron chi connectivity index (χ2n) is 8.82. The van der Waals surface area contributed by atoms with Crippen LogP contribution in [-0.4, -0.2) is 53.2 Å². The molecule has 1 aromatic carbocycles. The largest absolute Gasteiger partial charge is 0.478 e. The number of carboxylic acid groups (broad SMARTS) is 1. The van der Waals surface area contributed by atoms with Crippen molar-refractivity contribution in [2.24, 2.45) is 0 Å². The van der Waals surface area contributed by atoms with Crippen molar-refractivity contribution in [3.05, 3.63) is 52.0 Å². The molecule has 1 amide bonds. The smallest absolute Gasteiger partial charge is 0.338 e. The fourth-order valence-electron chi connectivity index (χ4n) is 4.62. The third-order valence-corrected chi connectivity index (χ3v) is 7.56. The van der Waals surface area contributed by atoms with Crippen LogP contribution in [0.25, 0.3) is 10.9 Å². The highest BCUT2D eigenvalue weighted by atomic mass is 32.1. The van der Waals surface area contributed by atoms with Gasteiger partial charge in [0.1, 0.15) is 11.2 Å². The van der Waals surface area contributed by atoms with Crippen LogP contribution < -0.4 is 10.6 Å². The molecule has 2 aliphatic rings. The molecular formula is C25H27N3O6S. The van der Waals surface area contributed by atoms with Crippen LogP contribution in [0, 0.1) is 0 Å². The standard InChI is InChI=1S/C25H27N3O6S/c29-19(9-14-11-26-18-6-2-1-5-16(14)18)23(30)27-12-15-10-17-20(13-34-15)35-24(22(17)25(31)32)28-21-7-3-4-8-33-21/h1-2,5-6,11,15,21,26,28H,3-4,7-10,12-13H2,(H,27,30)(H,31,32). The van der Waals surface area contributed by atoms with Gasteiger partial charge < -0.3 is 30.2 Å². The Morgan fingerprint density at radius 3 is 2.83 bits per heavy atom. The van der Waals surface area contributed by atoms with Crippen molar-refractivity contribution in [2.75, 3.05) is 18.5 Å². The number of hydrogen-bond donors (Lipinski definition) is 4. The number of carboxylic acids is 1. The number of amides is 1. The van der Waals surface area contributed by atoms with E-state index in [0.29, 0.717) is 18.0 Å². The highest BCUT2D eigenvalue weighted by molar-refractivity contribution is 7.16. The number of aromatic amines is 1. The van der Waals surface area contributed by atoms with Crippen molar-refractivity contribution >= 4 is 44.9 Å². The minimum absolute atomic E-state index is 0.00250. The maximum Gasteiger partial charge on any atom is 0.338 e. The molecule has 0 spiro atoms. The minimum atomic E-state index is -1.00. The monoisotopic (exact) mass is 497 g/mol. The lowest BCUT2D eigenvalue weighted by Crippen LogP contribution is -2.40. The summed E-state index contributed by atoms with van der Waals surface area (Å²) in [4.78, 5) is 41.0. The van der Waals surface area contributed by atoms with E-state index in [2.05, 4.69) is 15.6 Å². The number of aromatic carboxylic acids is 1. The first-order chi connectivity index (χ1) is 17.0. The third-order valence-electron chi connectivity index (χ3n) is 6.43. The highest BCUT2D eigenvalue weighted by Crippen LogP contribution is 2.38. The maximum absolute atomic E-state index is 12.5. The van der Waals surface area contributed by atoms with Gasteiger partial charge in [0.25, 0.3) is 5.91 Å².